The van der Waals surface area contributed by atoms with E-state index in [0.29, 0.717) is 0 Å². The van der Waals surface area contributed by atoms with Crippen LogP contribution in [0.15, 0.2) is 0 Å². The van der Waals surface area contributed by atoms with Gasteiger partial charge in [-0.2, -0.15) is 0 Å². The zero-order chi connectivity index (χ0) is 14.7. The van der Waals surface area contributed by atoms with E-state index in [1.165, 1.54) is 11.9 Å². The molecule has 4 atom stereocenters. The van der Waals surface area contributed by atoms with E-state index in [1.54, 1.807) is 0 Å². The maximum absolute atomic E-state index is 12.0. The Hall–Kier alpha value is -1.13. The zero-order valence-corrected chi connectivity index (χ0v) is 11.8. The van der Waals surface area contributed by atoms with Crippen LogP contribution in [0.25, 0.3) is 0 Å². The molecule has 1 aliphatic rings. The van der Waals surface area contributed by atoms with Crippen molar-refractivity contribution in [2.75, 3.05) is 26.7 Å². The second-order valence-corrected chi connectivity index (χ2v) is 4.59. The molecule has 0 saturated carbocycles. The average Bonchev–Trinajstić information content (AvgIpc) is 2.35. The summed E-state index contributed by atoms with van der Waals surface area (Å²) in [6, 6.07) is -0.994. The van der Waals surface area contributed by atoms with Crippen LogP contribution in [-0.4, -0.2) is 93.2 Å². The molecule has 1 fully saturated rings. The molecule has 7 N–H and O–H groups in total. The Bertz CT molecular complexity index is 359. The van der Waals surface area contributed by atoms with Gasteiger partial charge in [-0.3, -0.25) is 10.2 Å². The SMILES string of the molecule is CN(CC(=O)N1C[C@@H](O)[C@@H](O)[C@H](O)[C@H]1CO)C(=N)N.Cl. The van der Waals surface area contributed by atoms with Gasteiger partial charge in [0.05, 0.1) is 19.2 Å². The number of carbonyl (C=O) groups is 1. The molecule has 1 rings (SSSR count). The van der Waals surface area contributed by atoms with Crippen LogP contribution in [0, 0.1) is 5.41 Å². The largest absolute Gasteiger partial charge is 0.394 e. The summed E-state index contributed by atoms with van der Waals surface area (Å²) >= 11 is 0. The van der Waals surface area contributed by atoms with Crippen molar-refractivity contribution in [3.05, 3.63) is 0 Å². The number of β-amino-alcohol motifs (C(OH)–C–C–N with tert-alkyl or cyclic N) is 1. The van der Waals surface area contributed by atoms with Gasteiger partial charge < -0.3 is 36.0 Å². The fourth-order valence-corrected chi connectivity index (χ4v) is 1.96. The molecular formula is C10H21ClN4O5. The summed E-state index contributed by atoms with van der Waals surface area (Å²) in [5, 5.41) is 45.1. The highest BCUT2D eigenvalue weighted by Gasteiger charge is 2.43. The quantitative estimate of drug-likeness (QED) is 0.233. The lowest BCUT2D eigenvalue weighted by Gasteiger charge is -2.43. The molecule has 1 aliphatic heterocycles. The average molecular weight is 313 g/mol. The first kappa shape index (κ1) is 18.9. The number of hydrogen-bond donors (Lipinski definition) is 6. The predicted molar refractivity (Wildman–Crippen MR) is 72.4 cm³/mol. The Morgan fingerprint density at radius 2 is 1.95 bits per heavy atom. The molecule has 0 aromatic carbocycles. The number of nitrogens with one attached hydrogen (secondary N) is 1. The molecular weight excluding hydrogens is 292 g/mol. The molecule has 0 spiro atoms. The third-order valence-corrected chi connectivity index (χ3v) is 3.21. The molecule has 0 bridgehead atoms. The second-order valence-electron chi connectivity index (χ2n) is 4.59. The van der Waals surface area contributed by atoms with E-state index in [2.05, 4.69) is 0 Å². The molecule has 0 aromatic rings. The number of aliphatic hydroxyl groups excluding tert-OH is 4. The molecule has 0 aliphatic carbocycles. The first-order valence-corrected chi connectivity index (χ1v) is 5.79. The summed E-state index contributed by atoms with van der Waals surface area (Å²) in [6.45, 7) is -0.962. The molecule has 1 amide bonds. The van der Waals surface area contributed by atoms with Crippen molar-refractivity contribution >= 4 is 24.3 Å². The zero-order valence-electron chi connectivity index (χ0n) is 11.0. The Morgan fingerprint density at radius 3 is 2.40 bits per heavy atom. The Kier molecular flexibility index (Phi) is 7.17. The lowest BCUT2D eigenvalue weighted by molar-refractivity contribution is -0.166. The maximum atomic E-state index is 12.0. The van der Waals surface area contributed by atoms with Crippen molar-refractivity contribution in [2.24, 2.45) is 5.73 Å². The van der Waals surface area contributed by atoms with Gasteiger partial charge in [0.1, 0.15) is 18.3 Å². The molecule has 20 heavy (non-hydrogen) atoms. The van der Waals surface area contributed by atoms with E-state index >= 15 is 0 Å². The van der Waals surface area contributed by atoms with E-state index in [-0.39, 0.29) is 31.5 Å². The molecule has 118 valence electrons. The first-order valence-electron chi connectivity index (χ1n) is 5.79. The Labute approximate surface area is 122 Å². The summed E-state index contributed by atoms with van der Waals surface area (Å²) in [7, 11) is 1.44. The monoisotopic (exact) mass is 312 g/mol. The standard InChI is InChI=1S/C10H20N4O5.ClH/c1-13(10(11)12)3-7(17)14-2-6(16)9(19)8(18)5(14)4-15;/h5-6,8-9,15-16,18-19H,2-4H2,1H3,(H3,11,12);1H/t5-,6-,8-,9-;/m1./s1. The van der Waals surface area contributed by atoms with Crippen LogP contribution < -0.4 is 5.73 Å². The predicted octanol–water partition coefficient (Wildman–Crippen LogP) is -3.48. The number of likely N-dealkylation sites (tertiary alicyclic amines) is 1. The minimum atomic E-state index is -1.43. The van der Waals surface area contributed by atoms with E-state index in [1.807, 2.05) is 0 Å². The van der Waals surface area contributed by atoms with Gasteiger partial charge >= 0.3 is 0 Å². The molecule has 9 nitrogen and oxygen atoms in total. The Morgan fingerprint density at radius 1 is 1.40 bits per heavy atom. The summed E-state index contributed by atoms with van der Waals surface area (Å²) in [5.41, 5.74) is 5.21. The van der Waals surface area contributed by atoms with E-state index < -0.39 is 36.9 Å². The van der Waals surface area contributed by atoms with Gasteiger partial charge in [-0.25, -0.2) is 0 Å². The fraction of sp³-hybridized carbons (Fsp3) is 0.800. The van der Waals surface area contributed by atoms with Crippen LogP contribution in [0.4, 0.5) is 0 Å². The molecule has 0 unspecified atom stereocenters. The number of carbonyl (C=O) groups excluding carboxylic acids is 1. The smallest absolute Gasteiger partial charge is 0.242 e. The van der Waals surface area contributed by atoms with Gasteiger partial charge in [-0.15, -0.1) is 12.4 Å². The molecule has 1 saturated heterocycles. The minimum absolute atomic E-state index is 0. The van der Waals surface area contributed by atoms with Crippen molar-refractivity contribution in [1.29, 1.82) is 5.41 Å². The third kappa shape index (κ3) is 3.93. The molecule has 0 aromatic heterocycles. The normalized spacial score (nSPS) is 29.6. The highest BCUT2D eigenvalue weighted by Crippen LogP contribution is 2.19. The molecule has 1 heterocycles. The van der Waals surface area contributed by atoms with Gasteiger partial charge in [0, 0.05) is 13.6 Å². The fourth-order valence-electron chi connectivity index (χ4n) is 1.96. The number of rotatable bonds is 3. The van der Waals surface area contributed by atoms with Crippen molar-refractivity contribution in [1.82, 2.24) is 9.80 Å². The van der Waals surface area contributed by atoms with Crippen molar-refractivity contribution in [3.8, 4) is 0 Å². The number of aliphatic hydroxyl groups is 4. The van der Waals surface area contributed by atoms with Crippen LogP contribution in [0.2, 0.25) is 0 Å². The summed E-state index contributed by atoms with van der Waals surface area (Å²) < 4.78 is 0. The van der Waals surface area contributed by atoms with Crippen LogP contribution in [0.1, 0.15) is 0 Å². The molecule has 10 heteroatoms. The summed E-state index contributed by atoms with van der Waals surface area (Å²) in [5.74, 6) is -0.811. The topological polar surface area (TPSA) is 154 Å². The number of amides is 1. The number of guanidine groups is 1. The highest BCUT2D eigenvalue weighted by molar-refractivity contribution is 5.85. The summed E-state index contributed by atoms with van der Waals surface area (Å²) in [4.78, 5) is 14.3. The lowest BCUT2D eigenvalue weighted by Crippen LogP contribution is -2.65. The van der Waals surface area contributed by atoms with Crippen LogP contribution in [0.3, 0.4) is 0 Å². The maximum Gasteiger partial charge on any atom is 0.242 e. The Balaban J connectivity index is 0.00000361. The number of nitrogens with two attached hydrogens (primary N) is 1. The van der Waals surface area contributed by atoms with Gasteiger partial charge in [0.2, 0.25) is 5.91 Å². The van der Waals surface area contributed by atoms with Gasteiger partial charge in [-0.1, -0.05) is 0 Å². The molecule has 0 radical (unpaired) electrons. The van der Waals surface area contributed by atoms with Crippen LogP contribution in [-0.2, 0) is 4.79 Å². The van der Waals surface area contributed by atoms with E-state index in [9.17, 15) is 25.2 Å². The first-order chi connectivity index (χ1) is 8.79. The second kappa shape index (κ2) is 7.60. The van der Waals surface area contributed by atoms with E-state index in [4.69, 9.17) is 11.1 Å². The minimum Gasteiger partial charge on any atom is -0.394 e. The number of likely N-dealkylation sites (N-methyl/N-ethyl adjacent to an activating group) is 1. The third-order valence-electron chi connectivity index (χ3n) is 3.21. The number of halogens is 1. The van der Waals surface area contributed by atoms with Gasteiger partial charge in [0.25, 0.3) is 0 Å². The lowest BCUT2D eigenvalue weighted by atomic mass is 9.94. The van der Waals surface area contributed by atoms with Gasteiger partial charge in [0.15, 0.2) is 5.96 Å². The summed E-state index contributed by atoms with van der Waals surface area (Å²) in [6.07, 6.45) is -4.13. The number of piperidine rings is 1. The van der Waals surface area contributed by atoms with Crippen LogP contribution in [0.5, 0.6) is 0 Å². The van der Waals surface area contributed by atoms with Crippen LogP contribution >= 0.6 is 12.4 Å². The highest BCUT2D eigenvalue weighted by atomic mass is 35.5. The van der Waals surface area contributed by atoms with Gasteiger partial charge in [-0.05, 0) is 0 Å². The van der Waals surface area contributed by atoms with Crippen molar-refractivity contribution < 1.29 is 25.2 Å². The number of nitrogens with zero attached hydrogens (tertiary/aromatic N) is 2. The van der Waals surface area contributed by atoms with E-state index in [0.717, 1.165) is 4.90 Å². The van der Waals surface area contributed by atoms with Crippen molar-refractivity contribution in [2.45, 2.75) is 24.4 Å². The number of hydrogen-bond acceptors (Lipinski definition) is 6. The van der Waals surface area contributed by atoms with Crippen molar-refractivity contribution in [3.63, 3.8) is 0 Å².